The lowest BCUT2D eigenvalue weighted by atomic mass is 10.1. The molecule has 4 aromatic rings. The van der Waals surface area contributed by atoms with Crippen molar-refractivity contribution in [2.75, 3.05) is 13.2 Å². The number of hydrogen-bond acceptors (Lipinski definition) is 9. The molecule has 1 aromatic heterocycles. The van der Waals surface area contributed by atoms with Gasteiger partial charge in [-0.05, 0) is 75.6 Å². The van der Waals surface area contributed by atoms with Crippen LogP contribution in [-0.2, 0) is 25.5 Å². The molecule has 0 saturated carbocycles. The molecule has 0 bridgehead atoms. The van der Waals surface area contributed by atoms with Gasteiger partial charge in [-0.1, -0.05) is 88.4 Å². The second kappa shape index (κ2) is 17.8. The van der Waals surface area contributed by atoms with E-state index in [4.69, 9.17) is 19.0 Å². The lowest BCUT2D eigenvalue weighted by Crippen LogP contribution is -2.42. The van der Waals surface area contributed by atoms with Gasteiger partial charge in [-0.25, -0.2) is 4.68 Å². The zero-order valence-electron chi connectivity index (χ0n) is 28.0. The Kier molecular flexibility index (Phi) is 12.7. The second-order valence-corrected chi connectivity index (χ2v) is 11.9. The number of rotatable bonds is 14. The summed E-state index contributed by atoms with van der Waals surface area (Å²) in [7, 11) is 0. The molecule has 0 radical (unpaired) electrons. The zero-order chi connectivity index (χ0) is 34.4. The number of hydrogen-bond donors (Lipinski definition) is 1. The van der Waals surface area contributed by atoms with Crippen molar-refractivity contribution in [3.05, 3.63) is 126 Å². The fraction of sp³-hybridized carbons (Fsp3) is 0.333. The fourth-order valence-corrected chi connectivity index (χ4v) is 5.01. The van der Waals surface area contributed by atoms with E-state index in [1.54, 1.807) is 17.8 Å². The first-order valence-electron chi connectivity index (χ1n) is 16.4. The Morgan fingerprint density at radius 3 is 2.49 bits per heavy atom. The van der Waals surface area contributed by atoms with Gasteiger partial charge in [0.15, 0.2) is 6.10 Å². The number of nitrogens with zero attached hydrogens (tertiary/aromatic N) is 4. The highest BCUT2D eigenvalue weighted by Gasteiger charge is 2.30. The highest BCUT2D eigenvalue weighted by molar-refractivity contribution is 5.85. The van der Waals surface area contributed by atoms with E-state index < -0.39 is 30.4 Å². The van der Waals surface area contributed by atoms with Crippen molar-refractivity contribution in [3.63, 3.8) is 0 Å². The van der Waals surface area contributed by atoms with Gasteiger partial charge in [0.25, 0.3) is 0 Å². The van der Waals surface area contributed by atoms with Crippen LogP contribution in [-0.4, -0.2) is 63.3 Å². The van der Waals surface area contributed by atoms with E-state index >= 15 is 0 Å². The largest absolute Gasteiger partial charge is 0.483 e. The number of aryl methyl sites for hydroxylation is 1. The number of carbonyl (C=O) groups excluding carboxylic acids is 1. The molecule has 0 fully saturated rings. The van der Waals surface area contributed by atoms with Crippen molar-refractivity contribution < 1.29 is 28.9 Å². The van der Waals surface area contributed by atoms with Crippen molar-refractivity contribution in [2.45, 2.75) is 70.5 Å². The van der Waals surface area contributed by atoms with Crippen molar-refractivity contribution in [1.82, 2.24) is 15.0 Å². The molecule has 10 nitrogen and oxygen atoms in total. The number of carbonyl (C=O) groups is 1. The zero-order valence-corrected chi connectivity index (χ0v) is 28.0. The highest BCUT2D eigenvalue weighted by Crippen LogP contribution is 2.22. The predicted octanol–water partition coefficient (Wildman–Crippen LogP) is 5.96. The van der Waals surface area contributed by atoms with Gasteiger partial charge in [-0.3, -0.25) is 4.79 Å². The average Bonchev–Trinajstić information content (AvgIpc) is 3.63. The van der Waals surface area contributed by atoms with E-state index in [9.17, 15) is 9.90 Å². The van der Waals surface area contributed by atoms with Gasteiger partial charge in [0.05, 0.1) is 31.0 Å². The topological polar surface area (TPSA) is 117 Å². The summed E-state index contributed by atoms with van der Waals surface area (Å²) in [4.78, 5) is 18.4. The molecule has 10 heteroatoms. The highest BCUT2D eigenvalue weighted by atomic mass is 16.6. The van der Waals surface area contributed by atoms with Crippen molar-refractivity contribution in [2.24, 2.45) is 5.16 Å². The van der Waals surface area contributed by atoms with Crippen molar-refractivity contribution >= 4 is 11.7 Å². The van der Waals surface area contributed by atoms with Crippen LogP contribution in [0.1, 0.15) is 61.2 Å². The van der Waals surface area contributed by atoms with Gasteiger partial charge in [-0.2, -0.15) is 0 Å². The summed E-state index contributed by atoms with van der Waals surface area (Å²) in [6.45, 7) is 5.54. The number of aliphatic hydroxyl groups is 1. The maximum atomic E-state index is 12.8. The third-order valence-electron chi connectivity index (χ3n) is 7.90. The maximum Gasteiger partial charge on any atom is 0.306 e. The van der Waals surface area contributed by atoms with Crippen molar-refractivity contribution in [3.8, 4) is 17.6 Å². The van der Waals surface area contributed by atoms with E-state index in [0.29, 0.717) is 30.0 Å². The Hall–Kier alpha value is -5.24. The van der Waals surface area contributed by atoms with Gasteiger partial charge in [0.2, 0.25) is 0 Å². The summed E-state index contributed by atoms with van der Waals surface area (Å²) >= 11 is 0. The summed E-state index contributed by atoms with van der Waals surface area (Å²) < 4.78 is 19.7. The van der Waals surface area contributed by atoms with Gasteiger partial charge in [0, 0.05) is 5.56 Å². The molecule has 0 amide bonds. The third-order valence-corrected chi connectivity index (χ3v) is 7.90. The molecule has 5 atom stereocenters. The second-order valence-electron chi connectivity index (χ2n) is 11.9. The number of oxime groups is 1. The first kappa shape index (κ1) is 35.1. The normalized spacial score (nSPS) is 18.5. The minimum atomic E-state index is -0.559. The number of benzene rings is 3. The van der Waals surface area contributed by atoms with Crippen LogP contribution in [0, 0.1) is 18.8 Å². The van der Waals surface area contributed by atoms with E-state index in [1.807, 2.05) is 111 Å². The minimum Gasteiger partial charge on any atom is -0.483 e. The van der Waals surface area contributed by atoms with E-state index in [1.165, 1.54) is 0 Å². The quantitative estimate of drug-likeness (QED) is 0.0578. The van der Waals surface area contributed by atoms with Crippen LogP contribution in [0.15, 0.2) is 108 Å². The smallest absolute Gasteiger partial charge is 0.306 e. The Morgan fingerprint density at radius 1 is 1.02 bits per heavy atom. The molecule has 49 heavy (non-hydrogen) atoms. The summed E-state index contributed by atoms with van der Waals surface area (Å²) in [6.07, 6.45) is 4.64. The van der Waals surface area contributed by atoms with Gasteiger partial charge < -0.3 is 24.2 Å². The number of ether oxygens (including phenoxy) is 3. The monoisotopic (exact) mass is 662 g/mol. The van der Waals surface area contributed by atoms with Crippen LogP contribution in [0.5, 0.6) is 5.75 Å². The molecular weight excluding hydrogens is 620 g/mol. The molecule has 5 rings (SSSR count). The van der Waals surface area contributed by atoms with Crippen LogP contribution < -0.4 is 4.74 Å². The lowest BCUT2D eigenvalue weighted by molar-refractivity contribution is -0.151. The molecule has 0 saturated heterocycles. The van der Waals surface area contributed by atoms with Crippen LogP contribution in [0.25, 0.3) is 0 Å². The molecule has 0 aliphatic carbocycles. The third kappa shape index (κ3) is 10.9. The van der Waals surface area contributed by atoms with Crippen LogP contribution in [0.4, 0.5) is 0 Å². The number of aliphatic hydroxyl groups excluding tert-OH is 1. The molecule has 2 heterocycles. The Morgan fingerprint density at radius 2 is 1.76 bits per heavy atom. The molecule has 1 aliphatic rings. The summed E-state index contributed by atoms with van der Waals surface area (Å²) in [6, 6.07) is 27.1. The van der Waals surface area contributed by atoms with E-state index in [2.05, 4.69) is 27.3 Å². The molecular formula is C39H42N4O6. The Bertz CT molecular complexity index is 1740. The standard InChI is InChI=1S/C39H42N4O6/c1-28-14-18-34(19-15-28)47-37-22-21-35(20-17-31-10-6-4-7-11-31)48-38(37)27-46-39(45)23-16-29(2)41-49-30(3)36-25-43(42-40-36)33(26-44)24-32-12-8-5-9-13-32/h4-15,18-19,21-22,25,30,33,35,37-38,44H,16,23-24,26-27H2,1-3H3/t30-,33-,35+,37-,38+/m0/s1. The van der Waals surface area contributed by atoms with Crippen LogP contribution in [0.2, 0.25) is 0 Å². The SMILES string of the molecule is CC(CCC(=O)OC[C@H]1O[C@H](C#Cc2ccccc2)C=C[C@@H]1Oc1ccc(C)cc1)=NO[C@@H](C)c1cn([C@H](CO)Cc2ccccc2)nn1. The van der Waals surface area contributed by atoms with E-state index in [0.717, 1.165) is 16.7 Å². The Labute approximate surface area is 287 Å². The van der Waals surface area contributed by atoms with Gasteiger partial charge >= 0.3 is 5.97 Å². The molecule has 254 valence electrons. The maximum absolute atomic E-state index is 12.8. The molecule has 1 aliphatic heterocycles. The predicted molar refractivity (Wildman–Crippen MR) is 186 cm³/mol. The Balaban J connectivity index is 1.11. The first-order chi connectivity index (χ1) is 23.9. The number of aromatic nitrogens is 3. The lowest BCUT2D eigenvalue weighted by Gasteiger charge is -2.30. The average molecular weight is 663 g/mol. The number of esters is 1. The summed E-state index contributed by atoms with van der Waals surface area (Å²) in [5.74, 6) is 6.57. The molecule has 1 N–H and O–H groups in total. The summed E-state index contributed by atoms with van der Waals surface area (Å²) in [5, 5.41) is 22.5. The van der Waals surface area contributed by atoms with Crippen molar-refractivity contribution in [1.29, 1.82) is 0 Å². The van der Waals surface area contributed by atoms with E-state index in [-0.39, 0.29) is 25.7 Å². The molecule has 0 spiro atoms. The van der Waals surface area contributed by atoms with Gasteiger partial charge in [-0.15, -0.1) is 5.10 Å². The minimum absolute atomic E-state index is 0.00169. The van der Waals surface area contributed by atoms with Crippen LogP contribution >= 0.6 is 0 Å². The van der Waals surface area contributed by atoms with Crippen LogP contribution in [0.3, 0.4) is 0 Å². The molecule has 3 aromatic carbocycles. The fourth-order valence-electron chi connectivity index (χ4n) is 5.01. The molecule has 0 unspecified atom stereocenters. The summed E-state index contributed by atoms with van der Waals surface area (Å²) in [5.41, 5.74) is 4.32. The van der Waals surface area contributed by atoms with Gasteiger partial charge in [0.1, 0.15) is 36.4 Å². The first-order valence-corrected chi connectivity index (χ1v) is 16.4.